The second-order valence-electron chi connectivity index (χ2n) is 7.18. The van der Waals surface area contributed by atoms with Crippen molar-refractivity contribution in [3.8, 4) is 0 Å². The third kappa shape index (κ3) is 4.18. The van der Waals surface area contributed by atoms with Crippen LogP contribution in [0, 0.1) is 11.8 Å². The number of hydrogen-bond donors (Lipinski definition) is 2. The summed E-state index contributed by atoms with van der Waals surface area (Å²) in [6, 6.07) is -0.344. The van der Waals surface area contributed by atoms with Gasteiger partial charge in [-0.05, 0) is 30.9 Å². The number of halogens is 1. The molecule has 1 aromatic rings. The number of likely N-dealkylation sites (tertiary alicyclic amines) is 1. The van der Waals surface area contributed by atoms with Crippen LogP contribution in [0.2, 0.25) is 5.02 Å². The quantitative estimate of drug-likeness (QED) is 0.774. The van der Waals surface area contributed by atoms with Gasteiger partial charge in [-0.15, -0.1) is 0 Å². The summed E-state index contributed by atoms with van der Waals surface area (Å²) in [5, 5.41) is 17.7. The lowest BCUT2D eigenvalue weighted by Crippen LogP contribution is -2.49. The highest BCUT2D eigenvalue weighted by Crippen LogP contribution is 2.37. The van der Waals surface area contributed by atoms with Gasteiger partial charge in [-0.25, -0.2) is 0 Å². The minimum atomic E-state index is -0.621. The largest absolute Gasteiger partial charge is 0.391 e. The summed E-state index contributed by atoms with van der Waals surface area (Å²) in [5.74, 6) is 1.25. The maximum Gasteiger partial charge on any atom is 0.273 e. The first-order valence-corrected chi connectivity index (χ1v) is 10.6. The Bertz CT molecular complexity index is 683. The number of aryl methyl sites for hydroxylation is 1. The number of thioether (sulfide) groups is 1. The first kappa shape index (κ1) is 19.5. The van der Waals surface area contributed by atoms with Gasteiger partial charge < -0.3 is 15.3 Å². The molecule has 144 valence electrons. The number of hydrogen-bond acceptors (Lipinski definition) is 5. The molecule has 0 radical (unpaired) electrons. The predicted octanol–water partition coefficient (Wildman–Crippen LogP) is 1.15. The van der Waals surface area contributed by atoms with E-state index in [1.54, 1.807) is 25.0 Å². The zero-order valence-corrected chi connectivity index (χ0v) is 16.6. The molecule has 7 nitrogen and oxygen atoms in total. The number of nitrogens with one attached hydrogen (secondary N) is 1. The van der Waals surface area contributed by atoms with Gasteiger partial charge in [0.1, 0.15) is 0 Å². The van der Waals surface area contributed by atoms with E-state index in [1.807, 2.05) is 11.2 Å². The number of aliphatic hydroxyl groups is 1. The van der Waals surface area contributed by atoms with E-state index in [9.17, 15) is 14.7 Å². The number of rotatable bonds is 5. The summed E-state index contributed by atoms with van der Waals surface area (Å²) >= 11 is 7.70. The average Bonchev–Trinajstić information content (AvgIpc) is 3.15. The molecule has 4 atom stereocenters. The van der Waals surface area contributed by atoms with Gasteiger partial charge in [0.2, 0.25) is 5.91 Å². The number of carbonyl (C=O) groups is 2. The van der Waals surface area contributed by atoms with E-state index in [0.717, 1.165) is 5.75 Å². The topological polar surface area (TPSA) is 87.5 Å². The zero-order valence-electron chi connectivity index (χ0n) is 15.0. The number of carbonyl (C=O) groups excluding carboxylic acids is 2. The Balaban J connectivity index is 1.59. The number of amides is 2. The average molecular weight is 401 g/mol. The predicted molar refractivity (Wildman–Crippen MR) is 101 cm³/mol. The fourth-order valence-corrected chi connectivity index (χ4v) is 4.63. The van der Waals surface area contributed by atoms with Crippen molar-refractivity contribution in [3.05, 3.63) is 16.9 Å². The normalized spacial score (nSPS) is 28.1. The maximum absolute atomic E-state index is 12.4. The van der Waals surface area contributed by atoms with Crippen LogP contribution in [0.5, 0.6) is 0 Å². The first-order valence-electron chi connectivity index (χ1n) is 8.83. The molecule has 2 amide bonds. The summed E-state index contributed by atoms with van der Waals surface area (Å²) in [4.78, 5) is 26.6. The SMILES string of the molecule is CSCCC(=O)N1C[C@H]2C[C@H](O)[C@@H](NC(=O)c3nn(C)cc3Cl)C[C@H]2C1. The van der Waals surface area contributed by atoms with E-state index < -0.39 is 6.10 Å². The van der Waals surface area contributed by atoms with Gasteiger partial charge >= 0.3 is 0 Å². The van der Waals surface area contributed by atoms with Crippen LogP contribution >= 0.6 is 23.4 Å². The molecule has 0 aromatic carbocycles. The van der Waals surface area contributed by atoms with Gasteiger partial charge in [0.25, 0.3) is 5.91 Å². The molecular weight excluding hydrogens is 376 g/mol. The van der Waals surface area contributed by atoms with E-state index >= 15 is 0 Å². The molecule has 1 aliphatic heterocycles. The first-order chi connectivity index (χ1) is 12.4. The second-order valence-corrected chi connectivity index (χ2v) is 8.57. The maximum atomic E-state index is 12.4. The minimum absolute atomic E-state index is 0.170. The van der Waals surface area contributed by atoms with Crippen molar-refractivity contribution in [1.29, 1.82) is 0 Å². The number of aromatic nitrogens is 2. The molecule has 1 saturated carbocycles. The summed E-state index contributed by atoms with van der Waals surface area (Å²) in [5.41, 5.74) is 0.170. The molecule has 2 heterocycles. The molecule has 0 spiro atoms. The third-order valence-electron chi connectivity index (χ3n) is 5.33. The minimum Gasteiger partial charge on any atom is -0.391 e. The van der Waals surface area contributed by atoms with Crippen molar-refractivity contribution < 1.29 is 14.7 Å². The Hall–Kier alpha value is -1.25. The lowest BCUT2D eigenvalue weighted by molar-refractivity contribution is -0.129. The Morgan fingerprint density at radius 1 is 1.38 bits per heavy atom. The summed E-state index contributed by atoms with van der Waals surface area (Å²) in [6.07, 6.45) is 4.75. The third-order valence-corrected chi connectivity index (χ3v) is 6.22. The Kier molecular flexibility index (Phi) is 6.14. The molecule has 0 unspecified atom stereocenters. The molecule has 0 bridgehead atoms. The van der Waals surface area contributed by atoms with Crippen LogP contribution in [-0.4, -0.2) is 68.8 Å². The fourth-order valence-electron chi connectivity index (χ4n) is 3.99. The van der Waals surface area contributed by atoms with Crippen molar-refractivity contribution in [2.75, 3.05) is 25.1 Å². The van der Waals surface area contributed by atoms with E-state index in [-0.39, 0.29) is 23.6 Å². The van der Waals surface area contributed by atoms with Gasteiger partial charge in [-0.3, -0.25) is 14.3 Å². The molecule has 1 aliphatic carbocycles. The van der Waals surface area contributed by atoms with Gasteiger partial charge in [0.15, 0.2) is 5.69 Å². The molecule has 1 aromatic heterocycles. The Morgan fingerprint density at radius 2 is 2.08 bits per heavy atom. The van der Waals surface area contributed by atoms with E-state index in [1.165, 1.54) is 4.68 Å². The highest BCUT2D eigenvalue weighted by molar-refractivity contribution is 7.98. The molecule has 2 fully saturated rings. The van der Waals surface area contributed by atoms with Crippen molar-refractivity contribution in [3.63, 3.8) is 0 Å². The van der Waals surface area contributed by atoms with Gasteiger partial charge in [0, 0.05) is 38.5 Å². The van der Waals surface area contributed by atoms with Crippen LogP contribution < -0.4 is 5.32 Å². The summed E-state index contributed by atoms with van der Waals surface area (Å²) in [6.45, 7) is 1.42. The van der Waals surface area contributed by atoms with Crippen molar-refractivity contribution in [2.45, 2.75) is 31.4 Å². The molecule has 26 heavy (non-hydrogen) atoms. The molecule has 2 aliphatic rings. The fraction of sp³-hybridized carbons (Fsp3) is 0.706. The summed E-state index contributed by atoms with van der Waals surface area (Å²) in [7, 11) is 1.70. The number of fused-ring (bicyclic) bond motifs is 1. The van der Waals surface area contributed by atoms with Crippen LogP contribution in [0.15, 0.2) is 6.20 Å². The van der Waals surface area contributed by atoms with Crippen LogP contribution in [0.1, 0.15) is 29.8 Å². The number of aliphatic hydroxyl groups excluding tert-OH is 1. The molecule has 9 heteroatoms. The van der Waals surface area contributed by atoms with E-state index in [2.05, 4.69) is 10.4 Å². The lowest BCUT2D eigenvalue weighted by atomic mass is 9.77. The molecule has 2 N–H and O–H groups in total. The second kappa shape index (κ2) is 8.19. The van der Waals surface area contributed by atoms with Gasteiger partial charge in [-0.1, -0.05) is 11.6 Å². The molecule has 3 rings (SSSR count). The molecule has 1 saturated heterocycles. The van der Waals surface area contributed by atoms with Gasteiger partial charge in [0.05, 0.1) is 17.2 Å². The summed E-state index contributed by atoms with van der Waals surface area (Å²) < 4.78 is 1.49. The highest BCUT2D eigenvalue weighted by atomic mass is 35.5. The van der Waals surface area contributed by atoms with Crippen molar-refractivity contribution in [2.24, 2.45) is 18.9 Å². The van der Waals surface area contributed by atoms with Crippen LogP contribution in [-0.2, 0) is 11.8 Å². The highest BCUT2D eigenvalue weighted by Gasteiger charge is 2.43. The Morgan fingerprint density at radius 3 is 2.69 bits per heavy atom. The van der Waals surface area contributed by atoms with Crippen LogP contribution in [0.25, 0.3) is 0 Å². The smallest absolute Gasteiger partial charge is 0.273 e. The van der Waals surface area contributed by atoms with E-state index in [0.29, 0.717) is 49.2 Å². The molecular formula is C17H25ClN4O3S. The van der Waals surface area contributed by atoms with Crippen molar-refractivity contribution in [1.82, 2.24) is 20.0 Å². The van der Waals surface area contributed by atoms with Crippen molar-refractivity contribution >= 4 is 35.2 Å². The lowest BCUT2D eigenvalue weighted by Gasteiger charge is -2.35. The zero-order chi connectivity index (χ0) is 18.8. The standard InChI is InChI=1S/C17H25ClN4O3S/c1-21-9-12(18)16(20-21)17(25)19-13-5-10-7-22(15(24)3-4-26-2)8-11(10)6-14(13)23/h9-11,13-14,23H,3-8H2,1-2H3,(H,19,25)/t10-,11+,13-,14-/m0/s1. The van der Waals surface area contributed by atoms with E-state index in [4.69, 9.17) is 11.6 Å². The van der Waals surface area contributed by atoms with Crippen LogP contribution in [0.3, 0.4) is 0 Å². The Labute approximate surface area is 162 Å². The monoisotopic (exact) mass is 400 g/mol. The van der Waals surface area contributed by atoms with Gasteiger partial charge in [-0.2, -0.15) is 16.9 Å². The van der Waals surface area contributed by atoms with Crippen LogP contribution in [0.4, 0.5) is 0 Å². The number of nitrogens with zero attached hydrogens (tertiary/aromatic N) is 3.